The van der Waals surface area contributed by atoms with E-state index >= 15 is 0 Å². The largest absolute Gasteiger partial charge is 0.508 e. The number of phenols is 1. The zero-order valence-corrected chi connectivity index (χ0v) is 10.4. The molecule has 0 bridgehead atoms. The number of phenolic OH excluding ortho intramolecular Hbond substituents is 1. The fourth-order valence-electron chi connectivity index (χ4n) is 1.47. The molecule has 0 saturated heterocycles. The van der Waals surface area contributed by atoms with Gasteiger partial charge in [0.25, 0.3) is 0 Å². The van der Waals surface area contributed by atoms with Crippen LogP contribution in [0, 0.1) is 13.8 Å². The fraction of sp³-hybridized carbons (Fsp3) is 0.333. The van der Waals surface area contributed by atoms with Gasteiger partial charge in [0.15, 0.2) is 0 Å². The molecule has 1 unspecified atom stereocenters. The quantitative estimate of drug-likeness (QED) is 0.569. The predicted molar refractivity (Wildman–Crippen MR) is 68.0 cm³/mol. The van der Waals surface area contributed by atoms with E-state index in [9.17, 15) is 14.7 Å². The predicted octanol–water partition coefficient (Wildman–Crippen LogP) is 0.150. The molecule has 18 heavy (non-hydrogen) atoms. The molecule has 98 valence electrons. The maximum atomic E-state index is 11.7. The van der Waals surface area contributed by atoms with E-state index in [1.807, 2.05) is 0 Å². The second-order valence-corrected chi connectivity index (χ2v) is 4.22. The van der Waals surface area contributed by atoms with Gasteiger partial charge in [-0.15, -0.1) is 0 Å². The van der Waals surface area contributed by atoms with Crippen LogP contribution < -0.4 is 16.8 Å². The van der Waals surface area contributed by atoms with Crippen molar-refractivity contribution < 1.29 is 14.7 Å². The number of carbonyl (C=O) groups is 2. The van der Waals surface area contributed by atoms with Gasteiger partial charge in [-0.2, -0.15) is 0 Å². The van der Waals surface area contributed by atoms with Gasteiger partial charge in [0.2, 0.25) is 11.8 Å². The van der Waals surface area contributed by atoms with Crippen LogP contribution in [-0.2, 0) is 9.59 Å². The van der Waals surface area contributed by atoms with Gasteiger partial charge in [-0.1, -0.05) is 0 Å². The minimum atomic E-state index is -0.976. The second-order valence-electron chi connectivity index (χ2n) is 4.22. The number of aromatic hydroxyl groups is 1. The van der Waals surface area contributed by atoms with Crippen LogP contribution in [0.2, 0.25) is 0 Å². The van der Waals surface area contributed by atoms with E-state index in [-0.39, 0.29) is 12.2 Å². The lowest BCUT2D eigenvalue weighted by molar-refractivity contribution is -0.123. The van der Waals surface area contributed by atoms with Gasteiger partial charge in [0, 0.05) is 5.69 Å². The normalized spacial score (nSPS) is 11.9. The Morgan fingerprint density at radius 3 is 2.50 bits per heavy atom. The monoisotopic (exact) mass is 251 g/mol. The number of hydrogen-bond acceptors (Lipinski definition) is 4. The number of anilines is 1. The van der Waals surface area contributed by atoms with Crippen molar-refractivity contribution in [3.63, 3.8) is 0 Å². The molecule has 6 N–H and O–H groups in total. The zero-order valence-electron chi connectivity index (χ0n) is 10.4. The van der Waals surface area contributed by atoms with E-state index in [0.717, 1.165) is 0 Å². The van der Waals surface area contributed by atoms with E-state index in [0.29, 0.717) is 16.8 Å². The molecule has 0 aliphatic heterocycles. The highest BCUT2D eigenvalue weighted by Gasteiger charge is 2.17. The molecule has 6 heteroatoms. The summed E-state index contributed by atoms with van der Waals surface area (Å²) in [4.78, 5) is 22.4. The Bertz CT molecular complexity index is 486. The first-order valence-electron chi connectivity index (χ1n) is 5.46. The number of nitrogens with two attached hydrogens (primary N) is 2. The highest BCUT2D eigenvalue weighted by molar-refractivity contribution is 5.97. The minimum absolute atomic E-state index is 0.159. The summed E-state index contributed by atoms with van der Waals surface area (Å²) in [6, 6.07) is 2.21. The molecule has 0 radical (unpaired) electrons. The summed E-state index contributed by atoms with van der Waals surface area (Å²) in [5.41, 5.74) is 12.4. The highest BCUT2D eigenvalue weighted by atomic mass is 16.3. The lowest BCUT2D eigenvalue weighted by atomic mass is 10.1. The molecule has 2 amide bonds. The Kier molecular flexibility index (Phi) is 4.28. The van der Waals surface area contributed by atoms with Gasteiger partial charge < -0.3 is 21.9 Å². The van der Waals surface area contributed by atoms with Crippen molar-refractivity contribution in [3.05, 3.63) is 23.3 Å². The molecule has 0 spiro atoms. The lowest BCUT2D eigenvalue weighted by Gasteiger charge is -2.13. The number of rotatable bonds is 4. The van der Waals surface area contributed by atoms with E-state index in [1.54, 1.807) is 26.0 Å². The van der Waals surface area contributed by atoms with E-state index in [4.69, 9.17) is 11.5 Å². The third kappa shape index (κ3) is 3.46. The van der Waals surface area contributed by atoms with Crippen molar-refractivity contribution in [2.24, 2.45) is 11.5 Å². The van der Waals surface area contributed by atoms with Gasteiger partial charge in [0.1, 0.15) is 5.75 Å². The van der Waals surface area contributed by atoms with Crippen molar-refractivity contribution in [1.82, 2.24) is 0 Å². The van der Waals surface area contributed by atoms with Gasteiger partial charge in [-0.25, -0.2) is 0 Å². The first-order chi connectivity index (χ1) is 8.31. The molecule has 1 aromatic rings. The molecule has 1 aromatic carbocycles. The number of primary amides is 1. The maximum Gasteiger partial charge on any atom is 0.241 e. The SMILES string of the molecule is Cc1cc(NC(=O)C(N)CC(N)=O)c(C)cc1O. The summed E-state index contributed by atoms with van der Waals surface area (Å²) in [5.74, 6) is -0.954. The second kappa shape index (κ2) is 5.50. The zero-order chi connectivity index (χ0) is 13.9. The minimum Gasteiger partial charge on any atom is -0.508 e. The van der Waals surface area contributed by atoms with Crippen molar-refractivity contribution in [3.8, 4) is 5.75 Å². The third-order valence-corrected chi connectivity index (χ3v) is 2.56. The molecule has 0 heterocycles. The van der Waals surface area contributed by atoms with Gasteiger partial charge in [-0.05, 0) is 37.1 Å². The summed E-state index contributed by atoms with van der Waals surface area (Å²) in [7, 11) is 0. The summed E-state index contributed by atoms with van der Waals surface area (Å²) in [6.07, 6.45) is -0.206. The van der Waals surface area contributed by atoms with Crippen molar-refractivity contribution in [1.29, 1.82) is 0 Å². The molecule has 1 atom stereocenters. The smallest absolute Gasteiger partial charge is 0.241 e. The third-order valence-electron chi connectivity index (χ3n) is 2.56. The summed E-state index contributed by atoms with van der Waals surface area (Å²) < 4.78 is 0. The Balaban J connectivity index is 2.82. The van der Waals surface area contributed by atoms with Crippen LogP contribution in [0.25, 0.3) is 0 Å². The molecular formula is C12H17N3O3. The Hall–Kier alpha value is -2.08. The van der Waals surface area contributed by atoms with E-state index < -0.39 is 17.9 Å². The van der Waals surface area contributed by atoms with E-state index in [2.05, 4.69) is 5.32 Å². The topological polar surface area (TPSA) is 118 Å². The van der Waals surface area contributed by atoms with Crippen LogP contribution in [0.1, 0.15) is 17.5 Å². The number of carbonyl (C=O) groups excluding carboxylic acids is 2. The number of amides is 2. The lowest BCUT2D eigenvalue weighted by Crippen LogP contribution is -2.39. The van der Waals surface area contributed by atoms with Crippen LogP contribution in [0.15, 0.2) is 12.1 Å². The molecule has 1 rings (SSSR count). The molecule has 0 saturated carbocycles. The van der Waals surface area contributed by atoms with Crippen LogP contribution in [0.4, 0.5) is 5.69 Å². The molecule has 0 fully saturated rings. The average molecular weight is 251 g/mol. The molecular weight excluding hydrogens is 234 g/mol. The maximum absolute atomic E-state index is 11.7. The summed E-state index contributed by atoms with van der Waals surface area (Å²) in [6.45, 7) is 3.46. The summed E-state index contributed by atoms with van der Waals surface area (Å²) >= 11 is 0. The van der Waals surface area contributed by atoms with Crippen LogP contribution in [0.5, 0.6) is 5.75 Å². The van der Waals surface area contributed by atoms with Gasteiger partial charge in [0.05, 0.1) is 12.5 Å². The average Bonchev–Trinajstić information content (AvgIpc) is 2.24. The first kappa shape index (κ1) is 14.0. The molecule has 0 aliphatic rings. The van der Waals surface area contributed by atoms with Gasteiger partial charge >= 0.3 is 0 Å². The van der Waals surface area contributed by atoms with Crippen molar-refractivity contribution in [2.75, 3.05) is 5.32 Å². The molecule has 0 aliphatic carbocycles. The van der Waals surface area contributed by atoms with Crippen LogP contribution >= 0.6 is 0 Å². The standard InChI is InChI=1S/C12H17N3O3/c1-6-4-10(16)7(2)3-9(6)15-12(18)8(13)5-11(14)17/h3-4,8,16H,5,13H2,1-2H3,(H2,14,17)(H,15,18). The molecule has 6 nitrogen and oxygen atoms in total. The summed E-state index contributed by atoms with van der Waals surface area (Å²) in [5, 5.41) is 12.1. The Morgan fingerprint density at radius 1 is 1.33 bits per heavy atom. The van der Waals surface area contributed by atoms with E-state index in [1.165, 1.54) is 0 Å². The number of nitrogens with one attached hydrogen (secondary N) is 1. The van der Waals surface area contributed by atoms with Crippen molar-refractivity contribution >= 4 is 17.5 Å². The number of hydrogen-bond donors (Lipinski definition) is 4. The van der Waals surface area contributed by atoms with Crippen LogP contribution in [-0.4, -0.2) is 23.0 Å². The Labute approximate surface area is 105 Å². The van der Waals surface area contributed by atoms with Gasteiger partial charge in [-0.3, -0.25) is 9.59 Å². The fourth-order valence-corrected chi connectivity index (χ4v) is 1.47. The Morgan fingerprint density at radius 2 is 1.94 bits per heavy atom. The number of benzene rings is 1. The highest BCUT2D eigenvalue weighted by Crippen LogP contribution is 2.24. The van der Waals surface area contributed by atoms with Crippen LogP contribution in [0.3, 0.4) is 0 Å². The first-order valence-corrected chi connectivity index (χ1v) is 5.46. The number of aryl methyl sites for hydroxylation is 2. The van der Waals surface area contributed by atoms with Crippen molar-refractivity contribution in [2.45, 2.75) is 26.3 Å². The molecule has 0 aromatic heterocycles.